The number of nitrogens with zero attached hydrogens (tertiary/aromatic N) is 2. The number of hydrogen-bond acceptors (Lipinski definition) is 4. The molecule has 0 radical (unpaired) electrons. The van der Waals surface area contributed by atoms with Crippen molar-refractivity contribution in [1.82, 2.24) is 15.2 Å². The highest BCUT2D eigenvalue weighted by Gasteiger charge is 2.42. The summed E-state index contributed by atoms with van der Waals surface area (Å²) in [4.78, 5) is 32.9. The standard InChI is InChI=1S/C21H19N3O2S/c1-24-19(17-9-5-11-27-17)18(15-7-2-3-8-16(15)21(24)26)20(25)23-13-14-6-4-10-22-12-14/h2-12,18-19H,13H2,1H3,(H,23,25). The lowest BCUT2D eigenvalue weighted by atomic mass is 9.81. The fourth-order valence-corrected chi connectivity index (χ4v) is 4.48. The van der Waals surface area contributed by atoms with E-state index < -0.39 is 5.92 Å². The molecule has 2 aromatic heterocycles. The zero-order chi connectivity index (χ0) is 18.8. The lowest BCUT2D eigenvalue weighted by Gasteiger charge is -2.39. The molecule has 27 heavy (non-hydrogen) atoms. The van der Waals surface area contributed by atoms with Crippen LogP contribution in [-0.4, -0.2) is 28.7 Å². The third-order valence-corrected chi connectivity index (χ3v) is 5.83. The van der Waals surface area contributed by atoms with Gasteiger partial charge in [0, 0.05) is 36.4 Å². The molecule has 3 aromatic rings. The quantitative estimate of drug-likeness (QED) is 0.758. The van der Waals surface area contributed by atoms with Crippen molar-refractivity contribution in [2.24, 2.45) is 0 Å². The average molecular weight is 377 g/mol. The Morgan fingerprint density at radius 1 is 1.19 bits per heavy atom. The maximum Gasteiger partial charge on any atom is 0.254 e. The molecule has 1 aliphatic heterocycles. The fraction of sp³-hybridized carbons (Fsp3) is 0.190. The molecule has 0 bridgehead atoms. The summed E-state index contributed by atoms with van der Waals surface area (Å²) in [5.74, 6) is -0.608. The van der Waals surface area contributed by atoms with Crippen LogP contribution in [0, 0.1) is 0 Å². The molecule has 5 nitrogen and oxygen atoms in total. The number of hydrogen-bond donors (Lipinski definition) is 1. The second kappa shape index (κ2) is 7.32. The normalized spacial score (nSPS) is 18.9. The summed E-state index contributed by atoms with van der Waals surface area (Å²) in [6, 6.07) is 14.8. The molecule has 3 heterocycles. The van der Waals surface area contributed by atoms with Crippen LogP contribution in [0.1, 0.15) is 38.3 Å². The van der Waals surface area contributed by atoms with Gasteiger partial charge in [-0.05, 0) is 34.7 Å². The Bertz CT molecular complexity index is 957. The Morgan fingerprint density at radius 2 is 2.04 bits per heavy atom. The van der Waals surface area contributed by atoms with Gasteiger partial charge in [0.25, 0.3) is 5.91 Å². The molecule has 1 N–H and O–H groups in total. The van der Waals surface area contributed by atoms with Gasteiger partial charge in [-0.25, -0.2) is 0 Å². The number of aromatic nitrogens is 1. The maximum absolute atomic E-state index is 13.2. The van der Waals surface area contributed by atoms with E-state index in [0.717, 1.165) is 16.0 Å². The molecule has 1 aliphatic rings. The van der Waals surface area contributed by atoms with Crippen LogP contribution in [0.5, 0.6) is 0 Å². The molecular formula is C21H19N3O2S. The van der Waals surface area contributed by atoms with Gasteiger partial charge in [-0.1, -0.05) is 30.3 Å². The van der Waals surface area contributed by atoms with E-state index in [1.165, 1.54) is 0 Å². The summed E-state index contributed by atoms with van der Waals surface area (Å²) in [6.45, 7) is 0.403. The van der Waals surface area contributed by atoms with Crippen LogP contribution in [0.15, 0.2) is 66.3 Å². The van der Waals surface area contributed by atoms with Crippen LogP contribution in [0.25, 0.3) is 0 Å². The molecule has 0 aliphatic carbocycles. The highest BCUT2D eigenvalue weighted by molar-refractivity contribution is 7.10. The van der Waals surface area contributed by atoms with Crippen LogP contribution < -0.4 is 5.32 Å². The number of rotatable bonds is 4. The molecule has 2 unspecified atom stereocenters. The zero-order valence-electron chi connectivity index (χ0n) is 14.8. The van der Waals surface area contributed by atoms with Crippen LogP contribution in [0.3, 0.4) is 0 Å². The first-order valence-corrected chi connectivity index (χ1v) is 9.61. The number of carbonyl (C=O) groups is 2. The summed E-state index contributed by atoms with van der Waals surface area (Å²) in [7, 11) is 1.77. The monoisotopic (exact) mass is 377 g/mol. The number of amides is 2. The minimum Gasteiger partial charge on any atom is -0.351 e. The number of carbonyl (C=O) groups excluding carboxylic acids is 2. The van der Waals surface area contributed by atoms with Gasteiger partial charge in [0.15, 0.2) is 0 Å². The van der Waals surface area contributed by atoms with E-state index in [4.69, 9.17) is 0 Å². The molecule has 2 amide bonds. The highest BCUT2D eigenvalue weighted by Crippen LogP contribution is 2.43. The van der Waals surface area contributed by atoms with E-state index in [0.29, 0.717) is 12.1 Å². The topological polar surface area (TPSA) is 62.3 Å². The van der Waals surface area contributed by atoms with Gasteiger partial charge < -0.3 is 10.2 Å². The molecule has 136 valence electrons. The van der Waals surface area contributed by atoms with Gasteiger partial charge in [-0.15, -0.1) is 11.3 Å². The van der Waals surface area contributed by atoms with Crippen molar-refractivity contribution in [1.29, 1.82) is 0 Å². The van der Waals surface area contributed by atoms with Crippen LogP contribution in [0.4, 0.5) is 0 Å². The summed E-state index contributed by atoms with van der Waals surface area (Å²) >= 11 is 1.56. The van der Waals surface area contributed by atoms with Gasteiger partial charge >= 0.3 is 0 Å². The van der Waals surface area contributed by atoms with E-state index in [-0.39, 0.29) is 17.9 Å². The predicted molar refractivity (Wildman–Crippen MR) is 104 cm³/mol. The molecular weight excluding hydrogens is 358 g/mol. The minimum absolute atomic E-state index is 0.0553. The molecule has 0 spiro atoms. The van der Waals surface area contributed by atoms with Crippen molar-refractivity contribution in [3.63, 3.8) is 0 Å². The van der Waals surface area contributed by atoms with Crippen LogP contribution >= 0.6 is 11.3 Å². The second-order valence-electron chi connectivity index (χ2n) is 6.52. The highest BCUT2D eigenvalue weighted by atomic mass is 32.1. The summed E-state index contributed by atoms with van der Waals surface area (Å²) < 4.78 is 0. The Morgan fingerprint density at radius 3 is 2.78 bits per heavy atom. The number of fused-ring (bicyclic) bond motifs is 1. The van der Waals surface area contributed by atoms with Crippen molar-refractivity contribution in [3.05, 3.63) is 87.9 Å². The lowest BCUT2D eigenvalue weighted by Crippen LogP contribution is -2.45. The first kappa shape index (κ1) is 17.4. The fourth-order valence-electron chi connectivity index (χ4n) is 3.57. The lowest BCUT2D eigenvalue weighted by molar-refractivity contribution is -0.124. The predicted octanol–water partition coefficient (Wildman–Crippen LogP) is 3.37. The van der Waals surface area contributed by atoms with Crippen molar-refractivity contribution in [2.75, 3.05) is 7.05 Å². The number of likely N-dealkylation sites (N-methyl/N-ethyl adjacent to an activating group) is 1. The van der Waals surface area contributed by atoms with Gasteiger partial charge in [0.2, 0.25) is 5.91 Å². The second-order valence-corrected chi connectivity index (χ2v) is 7.50. The van der Waals surface area contributed by atoms with E-state index in [1.54, 1.807) is 41.7 Å². The van der Waals surface area contributed by atoms with E-state index in [9.17, 15) is 9.59 Å². The Kier molecular flexibility index (Phi) is 4.73. The van der Waals surface area contributed by atoms with Gasteiger partial charge in [-0.2, -0.15) is 0 Å². The van der Waals surface area contributed by atoms with E-state index in [2.05, 4.69) is 10.3 Å². The van der Waals surface area contributed by atoms with Gasteiger partial charge in [0.05, 0.1) is 12.0 Å². The molecule has 2 atom stereocenters. The van der Waals surface area contributed by atoms with Gasteiger partial charge in [0.1, 0.15) is 0 Å². The average Bonchev–Trinajstić information content (AvgIpc) is 3.24. The first-order chi connectivity index (χ1) is 13.2. The summed E-state index contributed by atoms with van der Waals surface area (Å²) in [6.07, 6.45) is 3.44. The maximum atomic E-state index is 13.2. The molecule has 0 saturated carbocycles. The smallest absolute Gasteiger partial charge is 0.254 e. The van der Waals surface area contributed by atoms with Crippen molar-refractivity contribution in [3.8, 4) is 0 Å². The Hall–Kier alpha value is -2.99. The molecule has 0 fully saturated rings. The van der Waals surface area contributed by atoms with E-state index in [1.807, 2.05) is 47.8 Å². The summed E-state index contributed by atoms with van der Waals surface area (Å²) in [5.41, 5.74) is 2.31. The number of nitrogens with one attached hydrogen (secondary N) is 1. The number of thiophene rings is 1. The Balaban J connectivity index is 1.70. The van der Waals surface area contributed by atoms with Gasteiger partial charge in [-0.3, -0.25) is 14.6 Å². The van der Waals surface area contributed by atoms with Crippen LogP contribution in [-0.2, 0) is 11.3 Å². The molecule has 4 rings (SSSR count). The SMILES string of the molecule is CN1C(=O)c2ccccc2C(C(=O)NCc2cccnc2)C1c1cccs1. The zero-order valence-corrected chi connectivity index (χ0v) is 15.6. The third-order valence-electron chi connectivity index (χ3n) is 4.89. The molecule has 0 saturated heterocycles. The number of benzene rings is 1. The first-order valence-electron chi connectivity index (χ1n) is 8.73. The van der Waals surface area contributed by atoms with Crippen LogP contribution in [0.2, 0.25) is 0 Å². The van der Waals surface area contributed by atoms with Crippen molar-refractivity contribution < 1.29 is 9.59 Å². The van der Waals surface area contributed by atoms with Crippen molar-refractivity contribution in [2.45, 2.75) is 18.5 Å². The van der Waals surface area contributed by atoms with Crippen molar-refractivity contribution >= 4 is 23.2 Å². The van der Waals surface area contributed by atoms with E-state index >= 15 is 0 Å². The Labute approximate surface area is 161 Å². The largest absolute Gasteiger partial charge is 0.351 e. The number of pyridine rings is 1. The summed E-state index contributed by atoms with van der Waals surface area (Å²) in [5, 5.41) is 5.00. The third kappa shape index (κ3) is 3.24. The minimum atomic E-state index is -0.459. The molecule has 1 aromatic carbocycles. The molecule has 6 heteroatoms.